The number of aromatic amines is 1. The summed E-state index contributed by atoms with van der Waals surface area (Å²) in [6, 6.07) is 22.1. The molecule has 0 spiro atoms. The first-order valence-corrected chi connectivity index (χ1v) is 9.00. The largest absolute Gasteiger partial charge is 0.457 e. The maximum Gasteiger partial charge on any atom is 0.176 e. The molecule has 3 nitrogen and oxygen atoms in total. The molecule has 3 heteroatoms. The molecule has 0 radical (unpaired) electrons. The Labute approximate surface area is 155 Å². The predicted molar refractivity (Wildman–Crippen MR) is 105 cm³/mol. The Morgan fingerprint density at radius 3 is 2.56 bits per heavy atom. The van der Waals surface area contributed by atoms with E-state index in [1.807, 2.05) is 60.8 Å². The molecule has 128 valence electrons. The lowest BCUT2D eigenvalue weighted by Crippen LogP contribution is -2.42. The normalized spacial score (nSPS) is 19.5. The molecule has 1 N–H and O–H groups in total. The van der Waals surface area contributed by atoms with Crippen molar-refractivity contribution in [1.29, 1.82) is 0 Å². The number of nitrogens with one attached hydrogen (secondary N) is 1. The second-order valence-corrected chi connectivity index (χ2v) is 7.01. The Hall–Kier alpha value is -3.59. The van der Waals surface area contributed by atoms with E-state index in [2.05, 4.69) is 23.2 Å². The fourth-order valence-corrected chi connectivity index (χ4v) is 4.64. The summed E-state index contributed by atoms with van der Waals surface area (Å²) >= 11 is 0. The van der Waals surface area contributed by atoms with Crippen LogP contribution in [0.4, 0.5) is 0 Å². The maximum absolute atomic E-state index is 13.6. The molecule has 2 heterocycles. The van der Waals surface area contributed by atoms with Crippen LogP contribution in [0.25, 0.3) is 16.8 Å². The number of carbonyl (C=O) groups excluding carboxylic acids is 1. The van der Waals surface area contributed by atoms with Gasteiger partial charge in [0.25, 0.3) is 0 Å². The van der Waals surface area contributed by atoms with Crippen LogP contribution in [-0.4, -0.2) is 10.8 Å². The first-order chi connectivity index (χ1) is 13.3. The van der Waals surface area contributed by atoms with Gasteiger partial charge in [0.05, 0.1) is 0 Å². The van der Waals surface area contributed by atoms with Gasteiger partial charge in [-0.25, -0.2) is 0 Å². The highest BCUT2D eigenvalue weighted by molar-refractivity contribution is 6.14. The fraction of sp³-hybridized carbons (Fsp3) is 0.0417. The number of aromatic nitrogens is 1. The summed E-state index contributed by atoms with van der Waals surface area (Å²) < 4.78 is 6.30. The molecule has 0 amide bonds. The van der Waals surface area contributed by atoms with E-state index in [4.69, 9.17) is 4.74 Å². The van der Waals surface area contributed by atoms with E-state index in [-0.39, 0.29) is 5.78 Å². The summed E-state index contributed by atoms with van der Waals surface area (Å²) in [7, 11) is 0. The lowest BCUT2D eigenvalue weighted by atomic mass is 9.63. The number of rotatable bonds is 1. The minimum absolute atomic E-state index is 0.0470. The Morgan fingerprint density at radius 2 is 1.67 bits per heavy atom. The summed E-state index contributed by atoms with van der Waals surface area (Å²) in [6.07, 6.45) is 5.46. The first kappa shape index (κ1) is 14.6. The Morgan fingerprint density at radius 1 is 0.778 bits per heavy atom. The number of carbonyl (C=O) groups is 1. The molecule has 6 rings (SSSR count). The summed E-state index contributed by atoms with van der Waals surface area (Å²) in [6.45, 7) is 0. The molecule has 1 aromatic heterocycles. The van der Waals surface area contributed by atoms with Gasteiger partial charge in [-0.1, -0.05) is 48.5 Å². The molecule has 0 fully saturated rings. The average molecular weight is 349 g/mol. The van der Waals surface area contributed by atoms with Gasteiger partial charge >= 0.3 is 0 Å². The second kappa shape index (κ2) is 4.98. The summed E-state index contributed by atoms with van der Waals surface area (Å²) in [5.74, 6) is 1.52. The predicted octanol–water partition coefficient (Wildman–Crippen LogP) is 5.20. The van der Waals surface area contributed by atoms with Gasteiger partial charge in [-0.05, 0) is 46.7 Å². The summed E-state index contributed by atoms with van der Waals surface area (Å²) in [5, 5.41) is 2.13. The summed E-state index contributed by atoms with van der Waals surface area (Å²) in [5.41, 5.74) is 2.78. The number of fused-ring (bicyclic) bond motifs is 4. The van der Waals surface area contributed by atoms with Crippen LogP contribution in [0.15, 0.2) is 79.0 Å². The number of H-pyrrole nitrogens is 1. The average Bonchev–Trinajstić information content (AvgIpc) is 3.25. The first-order valence-electron chi connectivity index (χ1n) is 9.00. The Kier molecular flexibility index (Phi) is 2.69. The zero-order chi connectivity index (χ0) is 18.0. The molecule has 1 unspecified atom stereocenters. The maximum atomic E-state index is 13.6. The molecule has 27 heavy (non-hydrogen) atoms. The standard InChI is InChI=1S/C24H15NO2/c26-21-13-11-16-6-3-8-18-22(16)24(21,20-9-4-14-25-20)23-17-7-2-1-5-15(17)10-12-19(23)27-18/h1-14,25H. The Balaban J connectivity index is 1.88. The van der Waals surface area contributed by atoms with Gasteiger partial charge in [0, 0.05) is 23.0 Å². The molecule has 1 aliphatic heterocycles. The van der Waals surface area contributed by atoms with E-state index < -0.39 is 5.41 Å². The number of hydrogen-bond acceptors (Lipinski definition) is 2. The third-order valence-electron chi connectivity index (χ3n) is 5.70. The zero-order valence-corrected chi connectivity index (χ0v) is 14.4. The van der Waals surface area contributed by atoms with Crippen LogP contribution < -0.4 is 4.74 Å². The third-order valence-corrected chi connectivity index (χ3v) is 5.70. The van der Waals surface area contributed by atoms with Crippen LogP contribution in [0, 0.1) is 0 Å². The van der Waals surface area contributed by atoms with Crippen LogP contribution in [0.5, 0.6) is 11.5 Å². The molecular weight excluding hydrogens is 334 g/mol. The fourth-order valence-electron chi connectivity index (χ4n) is 4.64. The quantitative estimate of drug-likeness (QED) is 0.513. The van der Waals surface area contributed by atoms with Crippen molar-refractivity contribution in [2.45, 2.75) is 5.41 Å². The van der Waals surface area contributed by atoms with Crippen molar-refractivity contribution < 1.29 is 9.53 Å². The summed E-state index contributed by atoms with van der Waals surface area (Å²) in [4.78, 5) is 17.0. The topological polar surface area (TPSA) is 42.1 Å². The van der Waals surface area contributed by atoms with Crippen molar-refractivity contribution in [3.63, 3.8) is 0 Å². The van der Waals surface area contributed by atoms with Crippen LogP contribution in [0.3, 0.4) is 0 Å². The lowest BCUT2D eigenvalue weighted by molar-refractivity contribution is -0.117. The third kappa shape index (κ3) is 1.69. The highest BCUT2D eigenvalue weighted by atomic mass is 16.5. The van der Waals surface area contributed by atoms with Crippen LogP contribution in [0.1, 0.15) is 22.4 Å². The van der Waals surface area contributed by atoms with E-state index in [9.17, 15) is 4.79 Å². The van der Waals surface area contributed by atoms with E-state index in [1.54, 1.807) is 6.08 Å². The molecule has 0 saturated carbocycles. The van der Waals surface area contributed by atoms with Gasteiger partial charge in [0.15, 0.2) is 5.78 Å². The van der Waals surface area contributed by atoms with Crippen molar-refractivity contribution in [1.82, 2.24) is 4.98 Å². The monoisotopic (exact) mass is 349 g/mol. The SMILES string of the molecule is O=C1C=Cc2cccc3c2C1(c1ccc[nH]1)c1c(ccc2ccccc12)O3. The van der Waals surface area contributed by atoms with E-state index in [1.165, 1.54) is 0 Å². The van der Waals surface area contributed by atoms with Crippen molar-refractivity contribution in [2.24, 2.45) is 0 Å². The van der Waals surface area contributed by atoms with E-state index in [0.717, 1.165) is 44.7 Å². The minimum atomic E-state index is -0.932. The smallest absolute Gasteiger partial charge is 0.176 e. The van der Waals surface area contributed by atoms with Gasteiger partial charge < -0.3 is 9.72 Å². The van der Waals surface area contributed by atoms with Gasteiger partial charge in [-0.3, -0.25) is 4.79 Å². The van der Waals surface area contributed by atoms with Crippen LogP contribution >= 0.6 is 0 Å². The van der Waals surface area contributed by atoms with Crippen molar-refractivity contribution in [2.75, 3.05) is 0 Å². The van der Waals surface area contributed by atoms with Gasteiger partial charge in [0.1, 0.15) is 16.9 Å². The zero-order valence-electron chi connectivity index (χ0n) is 14.4. The molecule has 1 aliphatic carbocycles. The molecule has 3 aromatic carbocycles. The molecule has 4 aromatic rings. The number of ether oxygens (including phenoxy) is 1. The highest BCUT2D eigenvalue weighted by Gasteiger charge is 2.52. The van der Waals surface area contributed by atoms with Crippen LogP contribution in [-0.2, 0) is 10.2 Å². The number of allylic oxidation sites excluding steroid dienone is 1. The van der Waals surface area contributed by atoms with Crippen LogP contribution in [0.2, 0.25) is 0 Å². The van der Waals surface area contributed by atoms with E-state index >= 15 is 0 Å². The molecule has 1 atom stereocenters. The lowest BCUT2D eigenvalue weighted by Gasteiger charge is -2.41. The van der Waals surface area contributed by atoms with Gasteiger partial charge in [-0.15, -0.1) is 0 Å². The number of hydrogen-bond donors (Lipinski definition) is 1. The van der Waals surface area contributed by atoms with E-state index in [0.29, 0.717) is 0 Å². The number of ketones is 1. The highest BCUT2D eigenvalue weighted by Crippen LogP contribution is 2.56. The van der Waals surface area contributed by atoms with Gasteiger partial charge in [-0.2, -0.15) is 0 Å². The number of benzene rings is 3. The van der Waals surface area contributed by atoms with Crippen molar-refractivity contribution >= 4 is 22.6 Å². The molecule has 0 saturated heterocycles. The van der Waals surface area contributed by atoms with Crippen molar-refractivity contribution in [3.8, 4) is 11.5 Å². The molecule has 2 aliphatic rings. The Bertz CT molecular complexity index is 1270. The van der Waals surface area contributed by atoms with Crippen molar-refractivity contribution in [3.05, 3.63) is 101 Å². The van der Waals surface area contributed by atoms with Gasteiger partial charge in [0.2, 0.25) is 0 Å². The minimum Gasteiger partial charge on any atom is -0.457 e. The molecule has 0 bridgehead atoms. The second-order valence-electron chi connectivity index (χ2n) is 7.01. The molecular formula is C24H15NO2.